The van der Waals surface area contributed by atoms with Crippen molar-refractivity contribution in [2.75, 3.05) is 0 Å². The van der Waals surface area contributed by atoms with Crippen LogP contribution in [0.25, 0.3) is 11.0 Å². The second kappa shape index (κ2) is 2.55. The lowest BCUT2D eigenvalue weighted by molar-refractivity contribution is 0.155. The van der Waals surface area contributed by atoms with Crippen molar-refractivity contribution in [3.8, 4) is 0 Å². The van der Waals surface area contributed by atoms with Gasteiger partial charge in [-0.05, 0) is 17.3 Å². The topological polar surface area (TPSA) is 87.4 Å². The van der Waals surface area contributed by atoms with E-state index in [2.05, 4.69) is 10.3 Å². The van der Waals surface area contributed by atoms with Crippen LogP contribution in [0.3, 0.4) is 0 Å². The summed E-state index contributed by atoms with van der Waals surface area (Å²) in [7, 11) is 0. The van der Waals surface area contributed by atoms with Crippen molar-refractivity contribution in [2.45, 2.75) is 0 Å². The summed E-state index contributed by atoms with van der Waals surface area (Å²) >= 11 is 0. The van der Waals surface area contributed by atoms with Gasteiger partial charge in [-0.3, -0.25) is 0 Å². The molecular formula is C6H9N4O+. The van der Waals surface area contributed by atoms with Crippen molar-refractivity contribution >= 4 is 11.0 Å². The van der Waals surface area contributed by atoms with Crippen LogP contribution in [0.15, 0.2) is 24.3 Å². The van der Waals surface area contributed by atoms with E-state index >= 15 is 0 Å². The van der Waals surface area contributed by atoms with Gasteiger partial charge in [0.25, 0.3) is 0 Å². The molecule has 0 aliphatic rings. The molecule has 0 bridgehead atoms. The zero-order chi connectivity index (χ0) is 6.97. The molecule has 0 fully saturated rings. The van der Waals surface area contributed by atoms with Crippen LogP contribution in [-0.4, -0.2) is 20.4 Å². The maximum absolute atomic E-state index is 8.95. The van der Waals surface area contributed by atoms with Crippen LogP contribution < -0.4 is 6.15 Å². The minimum atomic E-state index is 0. The standard InChI is InChI=1S/C6H5N3O.H3N/c10-9-6-4-2-1-3-5(6)7-8-9;/h1-4,10H;1H3/p+1. The van der Waals surface area contributed by atoms with E-state index < -0.39 is 0 Å². The third kappa shape index (κ3) is 1.01. The number of benzene rings is 1. The Balaban J connectivity index is 0.000000605. The van der Waals surface area contributed by atoms with E-state index in [1.54, 1.807) is 12.1 Å². The van der Waals surface area contributed by atoms with Crippen molar-refractivity contribution in [1.29, 1.82) is 0 Å². The fourth-order valence-electron chi connectivity index (χ4n) is 0.857. The van der Waals surface area contributed by atoms with Gasteiger partial charge in [0.05, 0.1) is 0 Å². The van der Waals surface area contributed by atoms with Crippen molar-refractivity contribution < 1.29 is 5.21 Å². The molecule has 5 N–H and O–H groups in total. The van der Waals surface area contributed by atoms with Crippen LogP contribution in [0.4, 0.5) is 0 Å². The molecular weight excluding hydrogens is 144 g/mol. The summed E-state index contributed by atoms with van der Waals surface area (Å²) in [6, 6.07) is 7.19. The fraction of sp³-hybridized carbons (Fsp3) is 0. The molecule has 0 saturated carbocycles. The number of nitrogens with zero attached hydrogens (tertiary/aromatic N) is 3. The fourth-order valence-corrected chi connectivity index (χ4v) is 0.857. The van der Waals surface area contributed by atoms with E-state index in [0.717, 1.165) is 4.85 Å². The predicted octanol–water partition coefficient (Wildman–Crippen LogP) is 1.04. The first-order valence-electron chi connectivity index (χ1n) is 2.87. The minimum Gasteiger partial charge on any atom is -0.410 e. The summed E-state index contributed by atoms with van der Waals surface area (Å²) in [5.41, 5.74) is 1.33. The lowest BCUT2D eigenvalue weighted by Gasteiger charge is -1.85. The van der Waals surface area contributed by atoms with E-state index in [-0.39, 0.29) is 6.15 Å². The number of rotatable bonds is 0. The van der Waals surface area contributed by atoms with Crippen molar-refractivity contribution in [1.82, 2.24) is 21.3 Å². The highest BCUT2D eigenvalue weighted by atomic mass is 16.5. The van der Waals surface area contributed by atoms with Gasteiger partial charge in [0.2, 0.25) is 0 Å². The predicted molar refractivity (Wildman–Crippen MR) is 40.7 cm³/mol. The lowest BCUT2D eigenvalue weighted by atomic mass is 10.3. The van der Waals surface area contributed by atoms with Gasteiger partial charge >= 0.3 is 0 Å². The Bertz CT molecular complexity index is 356. The minimum absolute atomic E-state index is 0. The molecule has 0 unspecified atom stereocenters. The number of hydrogen-bond acceptors (Lipinski definition) is 3. The summed E-state index contributed by atoms with van der Waals surface area (Å²) in [5.74, 6) is 0. The molecule has 1 aromatic carbocycles. The van der Waals surface area contributed by atoms with Crippen LogP contribution >= 0.6 is 0 Å². The molecule has 0 aliphatic carbocycles. The van der Waals surface area contributed by atoms with Crippen LogP contribution in [0.1, 0.15) is 0 Å². The Hall–Kier alpha value is -1.62. The first kappa shape index (κ1) is 7.49. The first-order chi connectivity index (χ1) is 4.88. The molecule has 0 spiro atoms. The number of aromatic nitrogens is 3. The number of para-hydroxylation sites is 1. The van der Waals surface area contributed by atoms with Crippen molar-refractivity contribution in [3.05, 3.63) is 24.3 Å². The van der Waals surface area contributed by atoms with Crippen LogP contribution in [0, 0.1) is 0 Å². The second-order valence-electron chi connectivity index (χ2n) is 1.97. The number of quaternary nitrogens is 1. The van der Waals surface area contributed by atoms with Crippen molar-refractivity contribution in [2.24, 2.45) is 0 Å². The Morgan fingerprint density at radius 1 is 1.27 bits per heavy atom. The maximum atomic E-state index is 8.95. The van der Waals surface area contributed by atoms with E-state index in [9.17, 15) is 0 Å². The Kier molecular flexibility index (Phi) is 1.74. The van der Waals surface area contributed by atoms with Crippen LogP contribution in [0.2, 0.25) is 0 Å². The molecule has 0 aliphatic heterocycles. The first-order valence-corrected chi connectivity index (χ1v) is 2.87. The van der Waals surface area contributed by atoms with Crippen LogP contribution in [-0.2, 0) is 0 Å². The second-order valence-corrected chi connectivity index (χ2v) is 1.97. The molecule has 2 aromatic rings. The zero-order valence-corrected chi connectivity index (χ0v) is 6.10. The Morgan fingerprint density at radius 3 is 2.73 bits per heavy atom. The molecule has 11 heavy (non-hydrogen) atoms. The summed E-state index contributed by atoms with van der Waals surface area (Å²) < 4.78 is 0. The van der Waals surface area contributed by atoms with Gasteiger partial charge in [0.1, 0.15) is 11.0 Å². The quantitative estimate of drug-likeness (QED) is 0.554. The molecule has 0 atom stereocenters. The van der Waals surface area contributed by atoms with E-state index in [0.29, 0.717) is 11.0 Å². The Morgan fingerprint density at radius 2 is 2.00 bits per heavy atom. The van der Waals surface area contributed by atoms with E-state index in [4.69, 9.17) is 5.21 Å². The smallest absolute Gasteiger partial charge is 0.130 e. The van der Waals surface area contributed by atoms with E-state index in [1.165, 1.54) is 0 Å². The number of hydrogen-bond donors (Lipinski definition) is 2. The van der Waals surface area contributed by atoms with Gasteiger partial charge in [-0.15, -0.1) is 5.10 Å². The molecule has 1 heterocycles. The van der Waals surface area contributed by atoms with Gasteiger partial charge in [0, 0.05) is 0 Å². The molecule has 0 radical (unpaired) electrons. The SMILES string of the molecule is On1nnc2ccccc21.[NH4+]. The Labute approximate surface area is 62.8 Å². The van der Waals surface area contributed by atoms with Gasteiger partial charge in [-0.2, -0.15) is 0 Å². The molecule has 5 heteroatoms. The number of fused-ring (bicyclic) bond motifs is 1. The highest BCUT2D eigenvalue weighted by molar-refractivity contribution is 5.73. The normalized spacial score (nSPS) is 9.45. The average Bonchev–Trinajstić information content (AvgIpc) is 2.34. The van der Waals surface area contributed by atoms with Gasteiger partial charge in [0.15, 0.2) is 0 Å². The molecule has 1 aromatic heterocycles. The molecule has 58 valence electrons. The molecule has 0 saturated heterocycles. The van der Waals surface area contributed by atoms with Gasteiger partial charge < -0.3 is 11.4 Å². The third-order valence-corrected chi connectivity index (χ3v) is 1.33. The lowest BCUT2D eigenvalue weighted by Crippen LogP contribution is -1.90. The average molecular weight is 153 g/mol. The zero-order valence-electron chi connectivity index (χ0n) is 6.10. The molecule has 0 amide bonds. The summed E-state index contributed by atoms with van der Waals surface area (Å²) in [4.78, 5) is 0.759. The summed E-state index contributed by atoms with van der Waals surface area (Å²) in [6.07, 6.45) is 0. The largest absolute Gasteiger partial charge is 0.410 e. The van der Waals surface area contributed by atoms with Gasteiger partial charge in [-0.1, -0.05) is 17.0 Å². The highest BCUT2D eigenvalue weighted by Crippen LogP contribution is 2.06. The van der Waals surface area contributed by atoms with Crippen LogP contribution in [0.5, 0.6) is 0 Å². The highest BCUT2D eigenvalue weighted by Gasteiger charge is 1.98. The molecule has 2 rings (SSSR count). The third-order valence-electron chi connectivity index (χ3n) is 1.33. The summed E-state index contributed by atoms with van der Waals surface area (Å²) in [5, 5.41) is 16.1. The molecule has 5 nitrogen and oxygen atoms in total. The van der Waals surface area contributed by atoms with E-state index in [1.807, 2.05) is 12.1 Å². The maximum Gasteiger partial charge on any atom is 0.130 e. The van der Waals surface area contributed by atoms with Crippen molar-refractivity contribution in [3.63, 3.8) is 0 Å². The van der Waals surface area contributed by atoms with Gasteiger partial charge in [-0.25, -0.2) is 0 Å². The summed E-state index contributed by atoms with van der Waals surface area (Å²) in [6.45, 7) is 0. The monoisotopic (exact) mass is 153 g/mol.